The zero-order chi connectivity index (χ0) is 22.4. The van der Waals surface area contributed by atoms with E-state index in [0.29, 0.717) is 0 Å². The highest BCUT2D eigenvalue weighted by atomic mass is 31.2. The van der Waals surface area contributed by atoms with Crippen LogP contribution in [0, 0.1) is 0 Å². The lowest BCUT2D eigenvalue weighted by atomic mass is 10.0. The normalized spacial score (nSPS) is 10.9. The Bertz CT molecular complexity index is 618. The maximum absolute atomic E-state index is 12.0. The van der Waals surface area contributed by atoms with Crippen LogP contribution in [0.15, 0.2) is 0 Å². The van der Waals surface area contributed by atoms with Gasteiger partial charge in [-0.25, -0.2) is 4.57 Å². The number of rotatable bonds is 14. The van der Waals surface area contributed by atoms with Crippen LogP contribution < -0.4 is 10.6 Å². The number of hydrogen-bond acceptors (Lipinski definition) is 6. The van der Waals surface area contributed by atoms with E-state index in [4.69, 9.17) is 25.5 Å². The summed E-state index contributed by atoms with van der Waals surface area (Å²) in [6, 6.07) is 0. The predicted molar refractivity (Wildman–Crippen MR) is 104 cm³/mol. The van der Waals surface area contributed by atoms with Gasteiger partial charge < -0.3 is 30.2 Å². The van der Waals surface area contributed by atoms with E-state index >= 15 is 0 Å². The summed E-state index contributed by atoms with van der Waals surface area (Å²) in [6.45, 7) is 0.771. The number of nitrogens with zero attached hydrogens (tertiary/aromatic N) is 2. The first kappa shape index (κ1) is 27.1. The van der Waals surface area contributed by atoms with Gasteiger partial charge in [-0.2, -0.15) is 0 Å². The number of hydrogen-bond donors (Lipinski definition) is 4. The van der Waals surface area contributed by atoms with Gasteiger partial charge >= 0.3 is 7.82 Å². The molecule has 0 aliphatic carbocycles. The highest BCUT2D eigenvalue weighted by Crippen LogP contribution is 2.35. The molecule has 0 rings (SSSR count). The van der Waals surface area contributed by atoms with E-state index in [1.807, 2.05) is 0 Å². The molecule has 0 bridgehead atoms. The second-order valence-corrected chi connectivity index (χ2v) is 7.00. The molecule has 0 aromatic rings. The molecule has 15 heteroatoms. The number of carbonyl (C=O) groups excluding carboxylic acids is 4. The molecule has 0 aliphatic rings. The van der Waals surface area contributed by atoms with Crippen LogP contribution in [-0.2, 0) is 28.3 Å². The molecule has 12 nitrogen and oxygen atoms in total. The van der Waals surface area contributed by atoms with Crippen molar-refractivity contribution >= 4 is 47.1 Å². The minimum absolute atomic E-state index is 0.0107. The summed E-state index contributed by atoms with van der Waals surface area (Å²) in [5, 5.41) is 5.02. The van der Waals surface area contributed by atoms with Crippen LogP contribution in [0.5, 0.6) is 0 Å². The standard InChI is InChI=1S/C14H25B2N4O8P/c1-11(21)17-2-5-20(14(24)9-16)10-12(22)18-3-4-19(13(23)8-15)6-7-28-29(25,26)27/h2-10H2,1H3,(H,17,21)(H,18,22)(H2,25,26,27). The van der Waals surface area contributed by atoms with Gasteiger partial charge in [-0.05, 0) is 12.6 Å². The summed E-state index contributed by atoms with van der Waals surface area (Å²) in [4.78, 5) is 66.2. The van der Waals surface area contributed by atoms with Gasteiger partial charge in [0.05, 0.1) is 28.8 Å². The minimum atomic E-state index is -4.66. The van der Waals surface area contributed by atoms with Gasteiger partial charge in [-0.1, -0.05) is 0 Å². The highest BCUT2D eigenvalue weighted by Gasteiger charge is 2.18. The zero-order valence-corrected chi connectivity index (χ0v) is 17.1. The number of amides is 4. The van der Waals surface area contributed by atoms with Crippen molar-refractivity contribution in [2.45, 2.75) is 19.6 Å². The first-order chi connectivity index (χ1) is 13.5. The minimum Gasteiger partial charge on any atom is -0.355 e. The van der Waals surface area contributed by atoms with Crippen molar-refractivity contribution in [1.82, 2.24) is 20.4 Å². The van der Waals surface area contributed by atoms with Gasteiger partial charge in [-0.15, -0.1) is 0 Å². The summed E-state index contributed by atoms with van der Waals surface area (Å²) < 4.78 is 15.0. The van der Waals surface area contributed by atoms with Crippen LogP contribution in [0.25, 0.3) is 0 Å². The number of carbonyl (C=O) groups is 4. The Hall–Kier alpha value is -1.88. The van der Waals surface area contributed by atoms with Crippen LogP contribution in [0.3, 0.4) is 0 Å². The van der Waals surface area contributed by atoms with Crippen molar-refractivity contribution in [3.8, 4) is 0 Å². The van der Waals surface area contributed by atoms with E-state index in [1.54, 1.807) is 0 Å². The van der Waals surface area contributed by atoms with E-state index in [2.05, 4.69) is 15.2 Å². The highest BCUT2D eigenvalue weighted by molar-refractivity contribution is 7.46. The summed E-state index contributed by atoms with van der Waals surface area (Å²) in [6.07, 6.45) is -0.627. The molecule has 0 saturated carbocycles. The third kappa shape index (κ3) is 13.9. The molecule has 0 spiro atoms. The molecular weight excluding hydrogens is 405 g/mol. The first-order valence-electron chi connectivity index (χ1n) is 8.67. The van der Waals surface area contributed by atoms with Crippen molar-refractivity contribution < 1.29 is 38.1 Å². The van der Waals surface area contributed by atoms with E-state index in [1.165, 1.54) is 16.7 Å². The van der Waals surface area contributed by atoms with Gasteiger partial charge in [-0.3, -0.25) is 23.7 Å². The maximum Gasteiger partial charge on any atom is 0.469 e. The SMILES string of the molecule is [B]CC(=O)N(CCNC(=O)CN(CCNC(C)=O)C(=O)C[B])CCOP(=O)(O)O. The Morgan fingerprint density at radius 3 is 1.97 bits per heavy atom. The zero-order valence-electron chi connectivity index (χ0n) is 16.2. The second-order valence-electron chi connectivity index (χ2n) is 5.76. The van der Waals surface area contributed by atoms with Crippen molar-refractivity contribution in [2.75, 3.05) is 45.9 Å². The molecule has 0 atom stereocenters. The molecule has 0 aliphatic heterocycles. The Morgan fingerprint density at radius 1 is 0.931 bits per heavy atom. The van der Waals surface area contributed by atoms with Gasteiger partial charge in [0, 0.05) is 39.6 Å². The predicted octanol–water partition coefficient (Wildman–Crippen LogP) is -2.82. The third-order valence-electron chi connectivity index (χ3n) is 3.47. The Kier molecular flexibility index (Phi) is 13.2. The fraction of sp³-hybridized carbons (Fsp3) is 0.714. The molecule has 0 aromatic carbocycles. The molecule has 4 radical (unpaired) electrons. The quantitative estimate of drug-likeness (QED) is 0.169. The molecular formula is C14H25B2N4O8P. The average molecular weight is 430 g/mol. The van der Waals surface area contributed by atoms with Gasteiger partial charge in [0.1, 0.15) is 0 Å². The van der Waals surface area contributed by atoms with Crippen molar-refractivity contribution in [3.63, 3.8) is 0 Å². The van der Waals surface area contributed by atoms with Crippen LogP contribution in [0.2, 0.25) is 12.6 Å². The van der Waals surface area contributed by atoms with Crippen LogP contribution in [0.1, 0.15) is 6.92 Å². The Balaban J connectivity index is 4.52. The molecule has 160 valence electrons. The fourth-order valence-electron chi connectivity index (χ4n) is 2.11. The Labute approximate surface area is 171 Å². The lowest BCUT2D eigenvalue weighted by Crippen LogP contribution is -2.46. The first-order valence-corrected chi connectivity index (χ1v) is 10.2. The number of phosphoric acid groups is 1. The molecule has 0 fully saturated rings. The molecule has 4 N–H and O–H groups in total. The average Bonchev–Trinajstić information content (AvgIpc) is 2.63. The molecule has 0 aromatic heterocycles. The van der Waals surface area contributed by atoms with Crippen LogP contribution in [0.4, 0.5) is 0 Å². The summed E-state index contributed by atoms with van der Waals surface area (Å²) in [5.41, 5.74) is 0. The van der Waals surface area contributed by atoms with Crippen LogP contribution >= 0.6 is 7.82 Å². The van der Waals surface area contributed by atoms with Crippen molar-refractivity contribution in [3.05, 3.63) is 0 Å². The molecule has 0 saturated heterocycles. The molecule has 29 heavy (non-hydrogen) atoms. The molecule has 4 amide bonds. The summed E-state index contributed by atoms with van der Waals surface area (Å²) in [7, 11) is 5.94. The van der Waals surface area contributed by atoms with Crippen molar-refractivity contribution in [1.29, 1.82) is 0 Å². The van der Waals surface area contributed by atoms with E-state index in [9.17, 15) is 23.7 Å². The second kappa shape index (κ2) is 14.2. The van der Waals surface area contributed by atoms with Crippen molar-refractivity contribution in [2.24, 2.45) is 0 Å². The summed E-state index contributed by atoms with van der Waals surface area (Å²) in [5.74, 6) is -1.76. The monoisotopic (exact) mass is 430 g/mol. The molecule has 0 heterocycles. The summed E-state index contributed by atoms with van der Waals surface area (Å²) >= 11 is 0. The topological polar surface area (TPSA) is 166 Å². The Morgan fingerprint density at radius 2 is 1.45 bits per heavy atom. The maximum atomic E-state index is 12.0. The smallest absolute Gasteiger partial charge is 0.355 e. The van der Waals surface area contributed by atoms with E-state index < -0.39 is 32.2 Å². The van der Waals surface area contributed by atoms with Crippen LogP contribution in [-0.4, -0.2) is 105 Å². The largest absolute Gasteiger partial charge is 0.469 e. The van der Waals surface area contributed by atoms with E-state index in [0.717, 1.165) is 0 Å². The fourth-order valence-corrected chi connectivity index (χ4v) is 2.43. The van der Waals surface area contributed by atoms with E-state index in [-0.39, 0.29) is 57.8 Å². The number of phosphoric ester groups is 1. The molecule has 0 unspecified atom stereocenters. The third-order valence-corrected chi connectivity index (χ3v) is 3.99. The number of nitrogens with one attached hydrogen (secondary N) is 2. The lowest BCUT2D eigenvalue weighted by Gasteiger charge is -2.24. The van der Waals surface area contributed by atoms with Gasteiger partial charge in [0.25, 0.3) is 0 Å². The van der Waals surface area contributed by atoms with Gasteiger partial charge in [0.2, 0.25) is 23.6 Å². The lowest BCUT2D eigenvalue weighted by molar-refractivity contribution is -0.134. The van der Waals surface area contributed by atoms with Gasteiger partial charge in [0.15, 0.2) is 0 Å².